The van der Waals surface area contributed by atoms with Crippen molar-refractivity contribution in [2.24, 2.45) is 5.10 Å². The van der Waals surface area contributed by atoms with E-state index >= 15 is 0 Å². The second-order valence-corrected chi connectivity index (χ2v) is 10.9. The lowest BCUT2D eigenvalue weighted by atomic mass is 10.2. The number of ether oxygens (including phenoxy) is 2. The van der Waals surface area contributed by atoms with Gasteiger partial charge in [0.15, 0.2) is 23.9 Å². The molecule has 4 aromatic carbocycles. The Balaban J connectivity index is 1.33. The van der Waals surface area contributed by atoms with Crippen molar-refractivity contribution in [3.63, 3.8) is 0 Å². The van der Waals surface area contributed by atoms with E-state index in [2.05, 4.69) is 10.4 Å². The molecule has 45 heavy (non-hydrogen) atoms. The second-order valence-electron chi connectivity index (χ2n) is 10.1. The van der Waals surface area contributed by atoms with E-state index in [1.807, 2.05) is 38.1 Å². The van der Waals surface area contributed by atoms with Crippen molar-refractivity contribution in [1.82, 2.24) is 9.66 Å². The highest BCUT2D eigenvalue weighted by Crippen LogP contribution is 2.36. The van der Waals surface area contributed by atoms with Crippen molar-refractivity contribution in [1.29, 1.82) is 0 Å². The Hall–Kier alpha value is -5.12. The van der Waals surface area contributed by atoms with Crippen LogP contribution in [0.2, 0.25) is 10.0 Å². The molecule has 0 fully saturated rings. The minimum Gasteiger partial charge on any atom is -0.490 e. The molecule has 0 saturated carbocycles. The summed E-state index contributed by atoms with van der Waals surface area (Å²) in [5, 5.41) is 9.18. The number of halogens is 2. The Bertz CT molecular complexity index is 2140. The van der Waals surface area contributed by atoms with Crippen LogP contribution < -0.4 is 20.3 Å². The molecule has 226 valence electrons. The van der Waals surface area contributed by atoms with Gasteiger partial charge in [0.1, 0.15) is 5.58 Å². The van der Waals surface area contributed by atoms with Crippen LogP contribution >= 0.6 is 23.2 Å². The summed E-state index contributed by atoms with van der Waals surface area (Å²) < 4.78 is 18.8. The van der Waals surface area contributed by atoms with E-state index < -0.39 is 0 Å². The predicted octanol–water partition coefficient (Wildman–Crippen LogP) is 7.72. The first kappa shape index (κ1) is 29.9. The first-order valence-electron chi connectivity index (χ1n) is 14.0. The van der Waals surface area contributed by atoms with E-state index in [0.29, 0.717) is 50.9 Å². The highest BCUT2D eigenvalue weighted by Gasteiger charge is 2.18. The third kappa shape index (κ3) is 6.55. The summed E-state index contributed by atoms with van der Waals surface area (Å²) in [7, 11) is 0. The van der Waals surface area contributed by atoms with E-state index in [1.165, 1.54) is 10.9 Å². The summed E-state index contributed by atoms with van der Waals surface area (Å²) in [5.74, 6) is 0.714. The molecule has 0 unspecified atom stereocenters. The van der Waals surface area contributed by atoms with Gasteiger partial charge in [-0.05, 0) is 80.1 Å². The normalized spacial score (nSPS) is 11.4. The predicted molar refractivity (Wildman–Crippen MR) is 177 cm³/mol. The van der Waals surface area contributed by atoms with E-state index in [1.54, 1.807) is 60.7 Å². The molecule has 9 nitrogen and oxygen atoms in total. The molecule has 0 radical (unpaired) electrons. The fourth-order valence-electron chi connectivity index (χ4n) is 4.68. The maximum Gasteiger partial charge on any atom is 0.282 e. The highest BCUT2D eigenvalue weighted by molar-refractivity contribution is 6.32. The highest BCUT2D eigenvalue weighted by atomic mass is 35.5. The molecule has 0 aliphatic carbocycles. The first-order valence-corrected chi connectivity index (χ1v) is 14.8. The fourth-order valence-corrected chi connectivity index (χ4v) is 5.13. The Kier molecular flexibility index (Phi) is 8.55. The molecule has 6 rings (SSSR count). The van der Waals surface area contributed by atoms with Crippen molar-refractivity contribution >= 4 is 62.9 Å². The van der Waals surface area contributed by atoms with Crippen LogP contribution in [0, 0.1) is 6.92 Å². The zero-order chi connectivity index (χ0) is 31.5. The fraction of sp³-hybridized carbons (Fsp3) is 0.118. The molecular weight excluding hydrogens is 615 g/mol. The number of nitrogens with zero attached hydrogens (tertiary/aromatic N) is 3. The first-order chi connectivity index (χ1) is 21.8. The number of hydrogen-bond donors (Lipinski definition) is 1. The number of carbonyl (C=O) groups excluding carboxylic acids is 1. The van der Waals surface area contributed by atoms with Crippen LogP contribution in [-0.2, 0) is 4.79 Å². The van der Waals surface area contributed by atoms with Gasteiger partial charge in [0, 0.05) is 16.1 Å². The summed E-state index contributed by atoms with van der Waals surface area (Å²) in [6, 6.07) is 24.7. The van der Waals surface area contributed by atoms with Crippen LogP contribution in [0.3, 0.4) is 0 Å². The average molecular weight is 642 g/mol. The third-order valence-corrected chi connectivity index (χ3v) is 7.31. The molecule has 1 amide bonds. The van der Waals surface area contributed by atoms with Gasteiger partial charge in [-0.25, -0.2) is 4.98 Å². The molecule has 11 heteroatoms. The van der Waals surface area contributed by atoms with E-state index in [9.17, 15) is 9.59 Å². The minimum absolute atomic E-state index is 0.198. The number of aryl methyl sites for hydroxylation is 1. The number of anilines is 1. The largest absolute Gasteiger partial charge is 0.490 e. The number of carbonyl (C=O) groups is 1. The van der Waals surface area contributed by atoms with Gasteiger partial charge in [-0.15, -0.1) is 0 Å². The number of benzene rings is 4. The number of para-hydroxylation sites is 1. The number of rotatable bonds is 9. The molecule has 0 saturated heterocycles. The quantitative estimate of drug-likeness (QED) is 0.162. The molecule has 0 spiro atoms. The molecule has 2 heterocycles. The van der Waals surface area contributed by atoms with E-state index in [4.69, 9.17) is 42.1 Å². The second kappa shape index (κ2) is 12.9. The Labute approximate surface area is 267 Å². The lowest BCUT2D eigenvalue weighted by Crippen LogP contribution is -2.20. The Morgan fingerprint density at radius 3 is 2.62 bits per heavy atom. The maximum atomic E-state index is 13.6. The molecule has 0 aliphatic rings. The Morgan fingerprint density at radius 1 is 1.02 bits per heavy atom. The van der Waals surface area contributed by atoms with Crippen LogP contribution in [0.25, 0.3) is 33.5 Å². The van der Waals surface area contributed by atoms with Gasteiger partial charge in [-0.1, -0.05) is 53.0 Å². The summed E-state index contributed by atoms with van der Waals surface area (Å²) in [5.41, 5.74) is 2.95. The number of fused-ring (bicyclic) bond motifs is 2. The van der Waals surface area contributed by atoms with Gasteiger partial charge in [-0.3, -0.25) is 9.59 Å². The Morgan fingerprint density at radius 2 is 1.82 bits per heavy atom. The summed E-state index contributed by atoms with van der Waals surface area (Å²) in [6.07, 6.45) is 1.46. The zero-order valence-electron chi connectivity index (χ0n) is 24.2. The van der Waals surface area contributed by atoms with Gasteiger partial charge in [0.05, 0.1) is 28.7 Å². The van der Waals surface area contributed by atoms with Crippen LogP contribution in [0.5, 0.6) is 11.5 Å². The van der Waals surface area contributed by atoms with Crippen molar-refractivity contribution in [2.45, 2.75) is 13.8 Å². The topological polar surface area (TPSA) is 108 Å². The van der Waals surface area contributed by atoms with Gasteiger partial charge in [-0.2, -0.15) is 9.78 Å². The summed E-state index contributed by atoms with van der Waals surface area (Å²) >= 11 is 12.8. The molecular formula is C34H26Cl2N4O5. The van der Waals surface area contributed by atoms with Gasteiger partial charge < -0.3 is 19.2 Å². The lowest BCUT2D eigenvalue weighted by molar-refractivity contribution is -0.118. The number of nitrogens with one attached hydrogen (secondary N) is 1. The minimum atomic E-state index is -0.388. The zero-order valence-corrected chi connectivity index (χ0v) is 25.7. The van der Waals surface area contributed by atoms with Crippen LogP contribution in [-0.4, -0.2) is 35.0 Å². The van der Waals surface area contributed by atoms with E-state index in [-0.39, 0.29) is 34.7 Å². The van der Waals surface area contributed by atoms with Crippen LogP contribution in [0.15, 0.2) is 99.2 Å². The number of hydrogen-bond acceptors (Lipinski definition) is 7. The molecule has 0 aliphatic heterocycles. The average Bonchev–Trinajstić information content (AvgIpc) is 3.44. The molecule has 0 atom stereocenters. The van der Waals surface area contributed by atoms with Crippen molar-refractivity contribution in [3.8, 4) is 23.1 Å². The van der Waals surface area contributed by atoms with Gasteiger partial charge in [0.25, 0.3) is 11.5 Å². The summed E-state index contributed by atoms with van der Waals surface area (Å²) in [4.78, 5) is 30.9. The molecule has 1 N–H and O–H groups in total. The third-order valence-electron chi connectivity index (χ3n) is 6.79. The van der Waals surface area contributed by atoms with Gasteiger partial charge >= 0.3 is 0 Å². The van der Waals surface area contributed by atoms with Crippen molar-refractivity contribution in [3.05, 3.63) is 116 Å². The standard InChI is InChI=1S/C34H26Cl2N4O5/c1-3-43-29-15-21(14-26(36)32(29)44-19-31(41)38-24-11-8-20(2)9-12-24)18-37-40-33(39-27-7-5-4-6-25(27)34(40)42)30-17-22-16-23(35)10-13-28(22)45-30/h4-18H,3,19H2,1-2H3,(H,38,41). The molecule has 0 bridgehead atoms. The van der Waals surface area contributed by atoms with E-state index in [0.717, 1.165) is 10.9 Å². The van der Waals surface area contributed by atoms with Gasteiger partial charge in [0.2, 0.25) is 5.82 Å². The molecule has 2 aromatic heterocycles. The summed E-state index contributed by atoms with van der Waals surface area (Å²) in [6.45, 7) is 3.81. The SMILES string of the molecule is CCOc1cc(C=Nn2c(-c3cc4cc(Cl)ccc4o3)nc3ccccc3c2=O)cc(Cl)c1OCC(=O)Nc1ccc(C)cc1. The smallest absolute Gasteiger partial charge is 0.282 e. The van der Waals surface area contributed by atoms with Crippen molar-refractivity contribution < 1.29 is 18.7 Å². The molecule has 6 aromatic rings. The van der Waals surface area contributed by atoms with Crippen LogP contribution in [0.1, 0.15) is 18.1 Å². The number of aromatic nitrogens is 2. The maximum absolute atomic E-state index is 13.6. The number of amides is 1. The van der Waals surface area contributed by atoms with Crippen LogP contribution in [0.4, 0.5) is 5.69 Å². The lowest BCUT2D eigenvalue weighted by Gasteiger charge is -2.14. The van der Waals surface area contributed by atoms with Crippen molar-refractivity contribution in [2.75, 3.05) is 18.5 Å². The number of furan rings is 1. The monoisotopic (exact) mass is 640 g/mol.